The highest BCUT2D eigenvalue weighted by Gasteiger charge is 2.18. The fourth-order valence-corrected chi connectivity index (χ4v) is 1.82. The number of benzene rings is 1. The first-order valence-electron chi connectivity index (χ1n) is 6.06. The van der Waals surface area contributed by atoms with Crippen LogP contribution in [0.2, 0.25) is 0 Å². The van der Waals surface area contributed by atoms with Gasteiger partial charge in [0, 0.05) is 6.54 Å². The Morgan fingerprint density at radius 2 is 2.10 bits per heavy atom. The maximum atomic E-state index is 11.7. The van der Waals surface area contributed by atoms with Gasteiger partial charge in [-0.3, -0.25) is 10.1 Å². The topological polar surface area (TPSA) is 76.7 Å². The molecule has 20 heavy (non-hydrogen) atoms. The van der Waals surface area contributed by atoms with Crippen molar-refractivity contribution in [3.05, 3.63) is 22.7 Å². The van der Waals surface area contributed by atoms with E-state index in [0.29, 0.717) is 22.5 Å². The van der Waals surface area contributed by atoms with Crippen molar-refractivity contribution in [2.45, 2.75) is 20.0 Å². The summed E-state index contributed by atoms with van der Waals surface area (Å²) >= 11 is 3.33. The molecule has 0 aliphatic rings. The zero-order valence-corrected chi connectivity index (χ0v) is 13.1. The third-order valence-electron chi connectivity index (χ3n) is 2.39. The summed E-state index contributed by atoms with van der Waals surface area (Å²) < 4.78 is 11.2. The minimum atomic E-state index is -0.803. The monoisotopic (exact) mass is 344 g/mol. The maximum Gasteiger partial charge on any atom is 0.321 e. The highest BCUT2D eigenvalue weighted by molar-refractivity contribution is 9.10. The number of methoxy groups -OCH3 is 1. The van der Waals surface area contributed by atoms with Crippen molar-refractivity contribution < 1.29 is 19.1 Å². The van der Waals surface area contributed by atoms with Crippen LogP contribution >= 0.6 is 15.9 Å². The van der Waals surface area contributed by atoms with E-state index in [1.54, 1.807) is 39.2 Å². The van der Waals surface area contributed by atoms with Gasteiger partial charge in [-0.15, -0.1) is 0 Å². The summed E-state index contributed by atoms with van der Waals surface area (Å²) in [5, 5.41) is 4.66. The predicted octanol–water partition coefficient (Wildman–Crippen LogP) is 2.07. The van der Waals surface area contributed by atoms with Gasteiger partial charge in [0.2, 0.25) is 0 Å². The first-order chi connectivity index (χ1) is 9.47. The van der Waals surface area contributed by atoms with Crippen molar-refractivity contribution in [3.8, 4) is 11.5 Å². The van der Waals surface area contributed by atoms with E-state index < -0.39 is 18.0 Å². The van der Waals surface area contributed by atoms with Gasteiger partial charge < -0.3 is 14.8 Å². The molecule has 0 saturated carbocycles. The SMILES string of the molecule is CCNC(=O)NC(=O)C(C)Oc1ccc(OC)cc1Br. The molecule has 0 fully saturated rings. The lowest BCUT2D eigenvalue weighted by Gasteiger charge is -2.15. The lowest BCUT2D eigenvalue weighted by molar-refractivity contribution is -0.126. The Hall–Kier alpha value is -1.76. The number of hydrogen-bond acceptors (Lipinski definition) is 4. The van der Waals surface area contributed by atoms with Crippen LogP contribution in [0.1, 0.15) is 13.8 Å². The van der Waals surface area contributed by atoms with Crippen molar-refractivity contribution in [1.29, 1.82) is 0 Å². The molecule has 0 heterocycles. The molecule has 0 aliphatic carbocycles. The van der Waals surface area contributed by atoms with Crippen LogP contribution in [-0.2, 0) is 4.79 Å². The summed E-state index contributed by atoms with van der Waals surface area (Å²) in [6, 6.07) is 4.58. The molecular formula is C13H17BrN2O4. The number of urea groups is 1. The van der Waals surface area contributed by atoms with E-state index in [9.17, 15) is 9.59 Å². The molecule has 1 rings (SSSR count). The van der Waals surface area contributed by atoms with E-state index in [1.807, 2.05) is 0 Å². The Morgan fingerprint density at radius 3 is 2.65 bits per heavy atom. The number of halogens is 1. The van der Waals surface area contributed by atoms with Crippen LogP contribution < -0.4 is 20.1 Å². The van der Waals surface area contributed by atoms with Crippen molar-refractivity contribution in [2.24, 2.45) is 0 Å². The number of carbonyl (C=O) groups excluding carboxylic acids is 2. The van der Waals surface area contributed by atoms with Crippen molar-refractivity contribution in [2.75, 3.05) is 13.7 Å². The van der Waals surface area contributed by atoms with Gasteiger partial charge in [-0.1, -0.05) is 0 Å². The zero-order chi connectivity index (χ0) is 15.1. The molecule has 6 nitrogen and oxygen atoms in total. The summed E-state index contributed by atoms with van der Waals surface area (Å²) in [6.45, 7) is 3.77. The Kier molecular flexibility index (Phi) is 6.30. The normalized spacial score (nSPS) is 11.4. The third-order valence-corrected chi connectivity index (χ3v) is 3.01. The van der Waals surface area contributed by atoms with Crippen molar-refractivity contribution in [3.63, 3.8) is 0 Å². The molecule has 1 atom stereocenters. The van der Waals surface area contributed by atoms with Crippen molar-refractivity contribution >= 4 is 27.9 Å². The smallest absolute Gasteiger partial charge is 0.321 e. The largest absolute Gasteiger partial charge is 0.497 e. The zero-order valence-electron chi connectivity index (χ0n) is 11.5. The van der Waals surface area contributed by atoms with Gasteiger partial charge in [0.25, 0.3) is 5.91 Å². The Morgan fingerprint density at radius 1 is 1.40 bits per heavy atom. The summed E-state index contributed by atoms with van der Waals surface area (Å²) in [6.07, 6.45) is -0.803. The van der Waals surface area contributed by atoms with Gasteiger partial charge in [-0.05, 0) is 48.0 Å². The highest BCUT2D eigenvalue weighted by Crippen LogP contribution is 2.29. The first-order valence-corrected chi connectivity index (χ1v) is 6.86. The Balaban J connectivity index is 2.63. The summed E-state index contributed by atoms with van der Waals surface area (Å²) in [5.74, 6) is 0.645. The fourth-order valence-electron chi connectivity index (χ4n) is 1.37. The number of nitrogens with one attached hydrogen (secondary N) is 2. The standard InChI is InChI=1S/C13H17BrN2O4/c1-4-15-13(18)16-12(17)8(2)20-11-6-5-9(19-3)7-10(11)14/h5-8H,4H2,1-3H3,(H2,15,16,17,18). The molecule has 0 spiro atoms. The van der Waals surface area contributed by atoms with E-state index in [1.165, 1.54) is 0 Å². The van der Waals surface area contributed by atoms with Gasteiger partial charge in [-0.25, -0.2) is 4.79 Å². The Labute approximate surface area is 126 Å². The van der Waals surface area contributed by atoms with Crippen LogP contribution in [0.5, 0.6) is 11.5 Å². The number of rotatable bonds is 5. The molecule has 0 aromatic heterocycles. The van der Waals surface area contributed by atoms with Crippen LogP contribution in [0.25, 0.3) is 0 Å². The molecule has 1 aromatic rings. The second-order valence-electron chi connectivity index (χ2n) is 3.91. The molecule has 2 N–H and O–H groups in total. The molecular weight excluding hydrogens is 328 g/mol. The molecule has 0 bridgehead atoms. The number of ether oxygens (including phenoxy) is 2. The molecule has 1 aromatic carbocycles. The van der Waals surface area contributed by atoms with Crippen LogP contribution in [0, 0.1) is 0 Å². The van der Waals surface area contributed by atoms with E-state index >= 15 is 0 Å². The van der Waals surface area contributed by atoms with E-state index in [0.717, 1.165) is 0 Å². The summed E-state index contributed by atoms with van der Waals surface area (Å²) in [4.78, 5) is 23.0. The lowest BCUT2D eigenvalue weighted by atomic mass is 10.3. The fraction of sp³-hybridized carbons (Fsp3) is 0.385. The quantitative estimate of drug-likeness (QED) is 0.857. The molecule has 0 saturated heterocycles. The van der Waals surface area contributed by atoms with Crippen LogP contribution in [0.15, 0.2) is 22.7 Å². The predicted molar refractivity (Wildman–Crippen MR) is 78.0 cm³/mol. The maximum absolute atomic E-state index is 11.7. The van der Waals surface area contributed by atoms with E-state index in [4.69, 9.17) is 9.47 Å². The molecule has 3 amide bonds. The van der Waals surface area contributed by atoms with Gasteiger partial charge in [0.1, 0.15) is 11.5 Å². The number of hydrogen-bond donors (Lipinski definition) is 2. The van der Waals surface area contributed by atoms with Crippen LogP contribution in [0.3, 0.4) is 0 Å². The van der Waals surface area contributed by atoms with Gasteiger partial charge in [0.15, 0.2) is 6.10 Å². The van der Waals surface area contributed by atoms with Gasteiger partial charge >= 0.3 is 6.03 Å². The molecule has 1 unspecified atom stereocenters. The van der Waals surface area contributed by atoms with Crippen molar-refractivity contribution in [1.82, 2.24) is 10.6 Å². The average Bonchev–Trinajstić information content (AvgIpc) is 2.41. The average molecular weight is 345 g/mol. The number of imide groups is 1. The highest BCUT2D eigenvalue weighted by atomic mass is 79.9. The molecule has 0 aliphatic heterocycles. The second-order valence-corrected chi connectivity index (χ2v) is 4.76. The first kappa shape index (κ1) is 16.3. The van der Waals surface area contributed by atoms with Crippen LogP contribution in [0.4, 0.5) is 4.79 Å². The van der Waals surface area contributed by atoms with Gasteiger partial charge in [-0.2, -0.15) is 0 Å². The number of carbonyl (C=O) groups is 2. The Bertz CT molecular complexity index is 493. The summed E-state index contributed by atoms with van der Waals surface area (Å²) in [5.41, 5.74) is 0. The minimum absolute atomic E-state index is 0.443. The lowest BCUT2D eigenvalue weighted by Crippen LogP contribution is -2.45. The minimum Gasteiger partial charge on any atom is -0.497 e. The number of amides is 3. The van der Waals surface area contributed by atoms with E-state index in [2.05, 4.69) is 26.6 Å². The molecule has 0 radical (unpaired) electrons. The molecule has 110 valence electrons. The van der Waals surface area contributed by atoms with Crippen LogP contribution in [-0.4, -0.2) is 31.7 Å². The summed E-state index contributed by atoms with van der Waals surface area (Å²) in [7, 11) is 1.56. The molecule has 7 heteroatoms. The third kappa shape index (κ3) is 4.73. The second kappa shape index (κ2) is 7.74. The van der Waals surface area contributed by atoms with Gasteiger partial charge in [0.05, 0.1) is 11.6 Å². The van der Waals surface area contributed by atoms with E-state index in [-0.39, 0.29) is 0 Å².